The number of ketones is 1. The minimum atomic E-state index is -0.985. The van der Waals surface area contributed by atoms with Gasteiger partial charge >= 0.3 is 5.97 Å². The van der Waals surface area contributed by atoms with Gasteiger partial charge in [-0.05, 0) is 20.3 Å². The monoisotopic (exact) mass is 186 g/mol. The van der Waals surface area contributed by atoms with Crippen molar-refractivity contribution in [2.75, 3.05) is 0 Å². The van der Waals surface area contributed by atoms with Crippen molar-refractivity contribution >= 4 is 11.8 Å². The molecule has 0 saturated heterocycles. The Labute approximate surface area is 79.5 Å². The Bertz CT molecular complexity index is 206. The van der Waals surface area contributed by atoms with Gasteiger partial charge in [-0.15, -0.1) is 0 Å². The minimum Gasteiger partial charge on any atom is -0.452 e. The molecule has 0 radical (unpaired) electrons. The van der Waals surface area contributed by atoms with E-state index in [1.54, 1.807) is 13.8 Å². The standard InChI is InChI=1S/C10H18O3/c1-6-7(2)9(12)10(4,5)13-8(3)11/h7H,6H2,1-5H3. The SMILES string of the molecule is CCC(C)C(=O)C(C)(C)OC(C)=O. The van der Waals surface area contributed by atoms with Crippen molar-refractivity contribution in [3.63, 3.8) is 0 Å². The fourth-order valence-electron chi connectivity index (χ4n) is 1.19. The Balaban J connectivity index is 4.44. The highest BCUT2D eigenvalue weighted by atomic mass is 16.6. The van der Waals surface area contributed by atoms with Gasteiger partial charge in [0.15, 0.2) is 11.4 Å². The average molecular weight is 186 g/mol. The van der Waals surface area contributed by atoms with E-state index in [2.05, 4.69) is 0 Å². The molecule has 0 saturated carbocycles. The fourth-order valence-corrected chi connectivity index (χ4v) is 1.19. The molecule has 0 aromatic heterocycles. The third kappa shape index (κ3) is 3.57. The molecule has 0 aromatic rings. The molecule has 0 aliphatic heterocycles. The Hall–Kier alpha value is -0.860. The van der Waals surface area contributed by atoms with Gasteiger partial charge in [-0.1, -0.05) is 13.8 Å². The van der Waals surface area contributed by atoms with E-state index in [4.69, 9.17) is 4.74 Å². The lowest BCUT2D eigenvalue weighted by Crippen LogP contribution is -2.40. The van der Waals surface area contributed by atoms with Crippen LogP contribution in [0.3, 0.4) is 0 Å². The second-order valence-corrected chi connectivity index (χ2v) is 3.78. The molecule has 0 bridgehead atoms. The molecule has 3 nitrogen and oxygen atoms in total. The quantitative estimate of drug-likeness (QED) is 0.630. The molecule has 0 amide bonds. The summed E-state index contributed by atoms with van der Waals surface area (Å²) in [6, 6.07) is 0. The maximum Gasteiger partial charge on any atom is 0.303 e. The number of rotatable bonds is 4. The highest BCUT2D eigenvalue weighted by Gasteiger charge is 2.33. The predicted octanol–water partition coefficient (Wildman–Crippen LogP) is 1.94. The van der Waals surface area contributed by atoms with Gasteiger partial charge in [-0.25, -0.2) is 0 Å². The molecule has 0 spiro atoms. The van der Waals surface area contributed by atoms with E-state index in [0.717, 1.165) is 6.42 Å². The van der Waals surface area contributed by atoms with Gasteiger partial charge in [0.1, 0.15) is 0 Å². The first-order valence-electron chi connectivity index (χ1n) is 4.55. The van der Waals surface area contributed by atoms with Gasteiger partial charge in [0.05, 0.1) is 0 Å². The fraction of sp³-hybridized carbons (Fsp3) is 0.800. The maximum absolute atomic E-state index is 11.7. The molecular weight excluding hydrogens is 168 g/mol. The van der Waals surface area contributed by atoms with Crippen LogP contribution in [0, 0.1) is 5.92 Å². The van der Waals surface area contributed by atoms with Crippen molar-refractivity contribution in [2.24, 2.45) is 5.92 Å². The Morgan fingerprint density at radius 3 is 2.15 bits per heavy atom. The Kier molecular flexibility index (Phi) is 4.11. The highest BCUT2D eigenvalue weighted by molar-refractivity contribution is 5.90. The van der Waals surface area contributed by atoms with Gasteiger partial charge in [0, 0.05) is 12.8 Å². The molecule has 0 aliphatic carbocycles. The smallest absolute Gasteiger partial charge is 0.303 e. The van der Waals surface area contributed by atoms with E-state index in [1.807, 2.05) is 13.8 Å². The number of Topliss-reactive ketones (excluding diaryl/α,β-unsaturated/α-hetero) is 1. The maximum atomic E-state index is 11.7. The van der Waals surface area contributed by atoms with E-state index >= 15 is 0 Å². The number of carbonyl (C=O) groups excluding carboxylic acids is 2. The first-order chi connectivity index (χ1) is 5.81. The van der Waals surface area contributed by atoms with E-state index in [0.29, 0.717) is 0 Å². The number of carbonyl (C=O) groups is 2. The summed E-state index contributed by atoms with van der Waals surface area (Å²) >= 11 is 0. The third-order valence-electron chi connectivity index (χ3n) is 2.05. The molecule has 1 unspecified atom stereocenters. The lowest BCUT2D eigenvalue weighted by atomic mass is 9.91. The van der Waals surface area contributed by atoms with Crippen LogP contribution in [0.5, 0.6) is 0 Å². The number of ether oxygens (including phenoxy) is 1. The van der Waals surface area contributed by atoms with Crippen LogP contribution in [-0.2, 0) is 14.3 Å². The lowest BCUT2D eigenvalue weighted by Gasteiger charge is -2.25. The van der Waals surface area contributed by atoms with Crippen LogP contribution in [0.15, 0.2) is 0 Å². The average Bonchev–Trinajstić information content (AvgIpc) is 1.99. The van der Waals surface area contributed by atoms with Gasteiger partial charge < -0.3 is 4.74 Å². The summed E-state index contributed by atoms with van der Waals surface area (Å²) in [6.07, 6.45) is 0.767. The van der Waals surface area contributed by atoms with Gasteiger partial charge in [-0.2, -0.15) is 0 Å². The zero-order valence-corrected chi connectivity index (χ0v) is 9.01. The van der Waals surface area contributed by atoms with Crippen LogP contribution in [0.25, 0.3) is 0 Å². The van der Waals surface area contributed by atoms with E-state index in [9.17, 15) is 9.59 Å². The second kappa shape index (κ2) is 4.40. The molecule has 3 heteroatoms. The van der Waals surface area contributed by atoms with Crippen molar-refractivity contribution in [3.8, 4) is 0 Å². The van der Waals surface area contributed by atoms with Crippen molar-refractivity contribution in [3.05, 3.63) is 0 Å². The van der Waals surface area contributed by atoms with Crippen molar-refractivity contribution in [1.82, 2.24) is 0 Å². The zero-order valence-electron chi connectivity index (χ0n) is 9.01. The second-order valence-electron chi connectivity index (χ2n) is 3.78. The molecule has 0 aromatic carbocycles. The van der Waals surface area contributed by atoms with Gasteiger partial charge in [0.2, 0.25) is 0 Å². The van der Waals surface area contributed by atoms with Crippen LogP contribution in [0.1, 0.15) is 41.0 Å². The molecule has 0 fully saturated rings. The van der Waals surface area contributed by atoms with Crippen molar-refractivity contribution in [2.45, 2.75) is 46.6 Å². The first kappa shape index (κ1) is 12.1. The molecule has 0 rings (SSSR count). The summed E-state index contributed by atoms with van der Waals surface area (Å²) in [7, 11) is 0. The summed E-state index contributed by atoms with van der Waals surface area (Å²) in [5.74, 6) is -0.499. The first-order valence-corrected chi connectivity index (χ1v) is 4.55. The molecular formula is C10H18O3. The molecule has 13 heavy (non-hydrogen) atoms. The molecule has 76 valence electrons. The molecule has 1 atom stereocenters. The third-order valence-corrected chi connectivity index (χ3v) is 2.05. The zero-order chi connectivity index (χ0) is 10.6. The van der Waals surface area contributed by atoms with Crippen LogP contribution >= 0.6 is 0 Å². The highest BCUT2D eigenvalue weighted by Crippen LogP contribution is 2.18. The topological polar surface area (TPSA) is 43.4 Å². The normalized spacial score (nSPS) is 13.6. The summed E-state index contributed by atoms with van der Waals surface area (Å²) < 4.78 is 4.93. The van der Waals surface area contributed by atoms with Crippen molar-refractivity contribution in [1.29, 1.82) is 0 Å². The summed E-state index contributed by atoms with van der Waals surface area (Å²) in [6.45, 7) is 8.34. The lowest BCUT2D eigenvalue weighted by molar-refractivity contribution is -0.163. The van der Waals surface area contributed by atoms with Crippen molar-refractivity contribution < 1.29 is 14.3 Å². The van der Waals surface area contributed by atoms with E-state index in [1.165, 1.54) is 6.92 Å². The summed E-state index contributed by atoms with van der Waals surface area (Å²) in [5, 5.41) is 0. The number of hydrogen-bond donors (Lipinski definition) is 0. The van der Waals surface area contributed by atoms with Gasteiger partial charge in [0.25, 0.3) is 0 Å². The van der Waals surface area contributed by atoms with Crippen LogP contribution in [-0.4, -0.2) is 17.4 Å². The Morgan fingerprint density at radius 2 is 1.85 bits per heavy atom. The number of esters is 1. The molecule has 0 N–H and O–H groups in total. The Morgan fingerprint density at radius 1 is 1.38 bits per heavy atom. The van der Waals surface area contributed by atoms with Crippen LogP contribution < -0.4 is 0 Å². The predicted molar refractivity (Wildman–Crippen MR) is 50.3 cm³/mol. The number of hydrogen-bond acceptors (Lipinski definition) is 3. The molecule has 0 aliphatic rings. The van der Waals surface area contributed by atoms with E-state index in [-0.39, 0.29) is 11.7 Å². The largest absolute Gasteiger partial charge is 0.452 e. The minimum absolute atomic E-state index is 0.0230. The van der Waals surface area contributed by atoms with Gasteiger partial charge in [-0.3, -0.25) is 9.59 Å². The molecule has 0 heterocycles. The summed E-state index contributed by atoms with van der Waals surface area (Å²) in [4.78, 5) is 22.4. The van der Waals surface area contributed by atoms with Crippen LogP contribution in [0.4, 0.5) is 0 Å². The van der Waals surface area contributed by atoms with E-state index < -0.39 is 11.6 Å². The van der Waals surface area contributed by atoms with Crippen LogP contribution in [0.2, 0.25) is 0 Å². The summed E-state index contributed by atoms with van der Waals surface area (Å²) in [5.41, 5.74) is -0.985.